The van der Waals surface area contributed by atoms with E-state index in [1.807, 2.05) is 0 Å². The van der Waals surface area contributed by atoms with E-state index in [-0.39, 0.29) is 10.9 Å². The van der Waals surface area contributed by atoms with E-state index < -0.39 is 10.0 Å². The zero-order chi connectivity index (χ0) is 15.8. The van der Waals surface area contributed by atoms with Crippen LogP contribution in [0.15, 0.2) is 17.0 Å². The minimum Gasteiger partial charge on any atom is -0.398 e. The van der Waals surface area contributed by atoms with Gasteiger partial charge in [-0.25, -0.2) is 8.42 Å². The Balaban J connectivity index is 2.42. The maximum absolute atomic E-state index is 12.9. The predicted molar refractivity (Wildman–Crippen MR) is 87.0 cm³/mol. The molecule has 1 aromatic carbocycles. The van der Waals surface area contributed by atoms with E-state index in [9.17, 15) is 8.42 Å². The van der Waals surface area contributed by atoms with E-state index in [0.717, 1.165) is 19.3 Å². The molecule has 2 rings (SSSR count). The number of benzene rings is 1. The van der Waals surface area contributed by atoms with Crippen LogP contribution in [0.2, 0.25) is 5.02 Å². The van der Waals surface area contributed by atoms with Crippen molar-refractivity contribution < 1.29 is 8.42 Å². The maximum Gasteiger partial charge on any atom is 0.243 e. The number of nitrogens with two attached hydrogens (primary N) is 1. The molecule has 0 aliphatic heterocycles. The first kappa shape index (κ1) is 16.6. The first-order chi connectivity index (χ1) is 9.75. The van der Waals surface area contributed by atoms with Gasteiger partial charge in [0.15, 0.2) is 0 Å². The predicted octanol–water partition coefficient (Wildman–Crippen LogP) is 3.43. The van der Waals surface area contributed by atoms with Crippen LogP contribution in [0.3, 0.4) is 0 Å². The molecule has 2 unspecified atom stereocenters. The lowest BCUT2D eigenvalue weighted by molar-refractivity contribution is 0.213. The normalized spacial score (nSPS) is 23.5. The Morgan fingerprint density at radius 2 is 1.90 bits per heavy atom. The molecule has 1 aliphatic carbocycles. The average molecular weight is 331 g/mol. The van der Waals surface area contributed by atoms with Gasteiger partial charge in [-0.3, -0.25) is 0 Å². The number of nitrogen functional groups attached to an aromatic ring is 1. The Morgan fingerprint density at radius 1 is 1.29 bits per heavy atom. The molecule has 0 spiro atoms. The molecule has 0 aromatic heterocycles. The summed E-state index contributed by atoms with van der Waals surface area (Å²) in [6, 6.07) is 3.12. The highest BCUT2D eigenvalue weighted by Crippen LogP contribution is 2.33. The topological polar surface area (TPSA) is 63.4 Å². The summed E-state index contributed by atoms with van der Waals surface area (Å²) in [5, 5.41) is 0.349. The molecule has 4 nitrogen and oxygen atoms in total. The van der Waals surface area contributed by atoms with Gasteiger partial charge in [-0.2, -0.15) is 4.31 Å². The molecule has 1 aliphatic rings. The van der Waals surface area contributed by atoms with Crippen molar-refractivity contribution in [2.24, 2.45) is 5.92 Å². The largest absolute Gasteiger partial charge is 0.398 e. The standard InChI is InChI=1S/C15H23ClN2O2S/c1-10-6-4-5-7-14(10)18(3)21(19,20)15-9-12(16)8-13(17)11(15)2/h8-10,14H,4-7,17H2,1-3H3. The molecular weight excluding hydrogens is 308 g/mol. The van der Waals surface area contributed by atoms with E-state index in [0.29, 0.717) is 22.2 Å². The van der Waals surface area contributed by atoms with Crippen LogP contribution in [0, 0.1) is 12.8 Å². The molecule has 0 amide bonds. The van der Waals surface area contributed by atoms with Gasteiger partial charge in [-0.15, -0.1) is 0 Å². The third-order valence-corrected chi connectivity index (χ3v) is 6.78. The fraction of sp³-hybridized carbons (Fsp3) is 0.600. The number of halogens is 1. The fourth-order valence-corrected chi connectivity index (χ4v) is 5.16. The molecule has 1 saturated carbocycles. The van der Waals surface area contributed by atoms with Gasteiger partial charge in [0.2, 0.25) is 10.0 Å². The van der Waals surface area contributed by atoms with Crippen molar-refractivity contribution in [3.63, 3.8) is 0 Å². The highest BCUT2D eigenvalue weighted by atomic mass is 35.5. The quantitative estimate of drug-likeness (QED) is 0.863. The van der Waals surface area contributed by atoms with E-state index in [1.165, 1.54) is 16.8 Å². The molecular formula is C15H23ClN2O2S. The lowest BCUT2D eigenvalue weighted by Gasteiger charge is -2.35. The van der Waals surface area contributed by atoms with Gasteiger partial charge in [-0.05, 0) is 43.4 Å². The van der Waals surface area contributed by atoms with Crippen molar-refractivity contribution in [1.29, 1.82) is 0 Å². The van der Waals surface area contributed by atoms with E-state index in [1.54, 1.807) is 20.0 Å². The van der Waals surface area contributed by atoms with Gasteiger partial charge in [0, 0.05) is 23.8 Å². The highest BCUT2D eigenvalue weighted by Gasteiger charge is 2.34. The Labute approximate surface area is 132 Å². The molecule has 2 N–H and O–H groups in total. The third kappa shape index (κ3) is 3.20. The van der Waals surface area contributed by atoms with Crippen molar-refractivity contribution in [2.45, 2.75) is 50.5 Å². The van der Waals surface area contributed by atoms with Crippen LogP contribution < -0.4 is 5.73 Å². The summed E-state index contributed by atoms with van der Waals surface area (Å²) in [6.45, 7) is 3.84. The summed E-state index contributed by atoms with van der Waals surface area (Å²) in [6.07, 6.45) is 4.23. The fourth-order valence-electron chi connectivity index (χ4n) is 3.11. The van der Waals surface area contributed by atoms with Gasteiger partial charge in [-0.1, -0.05) is 31.4 Å². The first-order valence-electron chi connectivity index (χ1n) is 7.28. The van der Waals surface area contributed by atoms with Gasteiger partial charge in [0.05, 0.1) is 4.90 Å². The van der Waals surface area contributed by atoms with Crippen LogP contribution in [0.1, 0.15) is 38.2 Å². The highest BCUT2D eigenvalue weighted by molar-refractivity contribution is 7.89. The Morgan fingerprint density at radius 3 is 2.52 bits per heavy atom. The minimum absolute atomic E-state index is 0.0448. The second kappa shape index (κ2) is 6.15. The van der Waals surface area contributed by atoms with E-state index in [4.69, 9.17) is 17.3 Å². The molecule has 1 fully saturated rings. The lowest BCUT2D eigenvalue weighted by atomic mass is 9.86. The zero-order valence-electron chi connectivity index (χ0n) is 12.8. The summed E-state index contributed by atoms with van der Waals surface area (Å²) in [7, 11) is -1.91. The van der Waals surface area contributed by atoms with Gasteiger partial charge in [0.25, 0.3) is 0 Å². The summed E-state index contributed by atoms with van der Waals surface area (Å²) in [5.41, 5.74) is 6.83. The van der Waals surface area contributed by atoms with Crippen molar-refractivity contribution >= 4 is 27.3 Å². The summed E-state index contributed by atoms with van der Waals surface area (Å²) in [4.78, 5) is 0.216. The van der Waals surface area contributed by atoms with Gasteiger partial charge < -0.3 is 5.73 Å². The SMILES string of the molecule is Cc1c(N)cc(Cl)cc1S(=O)(=O)N(C)C1CCCCC1C. The molecule has 118 valence electrons. The first-order valence-corrected chi connectivity index (χ1v) is 9.10. The van der Waals surface area contributed by atoms with Crippen LogP contribution in [-0.2, 0) is 10.0 Å². The van der Waals surface area contributed by atoms with Crippen LogP contribution in [0.25, 0.3) is 0 Å². The molecule has 0 radical (unpaired) electrons. The molecule has 2 atom stereocenters. The molecule has 0 bridgehead atoms. The molecule has 1 aromatic rings. The lowest BCUT2D eigenvalue weighted by Crippen LogP contribution is -2.42. The van der Waals surface area contributed by atoms with Gasteiger partial charge >= 0.3 is 0 Å². The number of anilines is 1. The number of rotatable bonds is 3. The molecule has 21 heavy (non-hydrogen) atoms. The Kier molecular flexibility index (Phi) is 4.85. The number of hydrogen-bond donors (Lipinski definition) is 1. The van der Waals surface area contributed by atoms with E-state index in [2.05, 4.69) is 6.92 Å². The van der Waals surface area contributed by atoms with Crippen molar-refractivity contribution in [2.75, 3.05) is 12.8 Å². The molecule has 6 heteroatoms. The maximum atomic E-state index is 12.9. The van der Waals surface area contributed by atoms with Crippen molar-refractivity contribution in [3.05, 3.63) is 22.7 Å². The van der Waals surface area contributed by atoms with Crippen LogP contribution >= 0.6 is 11.6 Å². The van der Waals surface area contributed by atoms with Crippen LogP contribution in [0.4, 0.5) is 5.69 Å². The number of hydrogen-bond acceptors (Lipinski definition) is 3. The Bertz CT molecular complexity index is 631. The van der Waals surface area contributed by atoms with Crippen molar-refractivity contribution in [3.8, 4) is 0 Å². The second-order valence-corrected chi connectivity index (χ2v) is 8.37. The zero-order valence-corrected chi connectivity index (χ0v) is 14.3. The third-order valence-electron chi connectivity index (χ3n) is 4.56. The summed E-state index contributed by atoms with van der Waals surface area (Å²) >= 11 is 5.98. The molecule has 0 saturated heterocycles. The number of sulfonamides is 1. The minimum atomic E-state index is -3.58. The smallest absolute Gasteiger partial charge is 0.243 e. The van der Waals surface area contributed by atoms with Gasteiger partial charge in [0.1, 0.15) is 0 Å². The summed E-state index contributed by atoms with van der Waals surface area (Å²) in [5.74, 6) is 0.371. The van der Waals surface area contributed by atoms with Crippen LogP contribution in [0.5, 0.6) is 0 Å². The summed E-state index contributed by atoms with van der Waals surface area (Å²) < 4.78 is 27.3. The monoisotopic (exact) mass is 330 g/mol. The van der Waals surface area contributed by atoms with E-state index >= 15 is 0 Å². The molecule has 0 heterocycles. The average Bonchev–Trinajstić information content (AvgIpc) is 2.42. The van der Waals surface area contributed by atoms with Crippen LogP contribution in [-0.4, -0.2) is 25.8 Å². The Hall–Kier alpha value is -0.780. The number of nitrogens with zero attached hydrogens (tertiary/aromatic N) is 1. The van der Waals surface area contributed by atoms with Crippen molar-refractivity contribution in [1.82, 2.24) is 4.31 Å². The second-order valence-electron chi connectivity index (χ2n) is 5.97.